The minimum absolute atomic E-state index is 0.185. The molecule has 0 aliphatic carbocycles. The molecule has 0 aromatic carbocycles. The highest BCUT2D eigenvalue weighted by Crippen LogP contribution is 2.10. The van der Waals surface area contributed by atoms with Crippen LogP contribution >= 0.6 is 0 Å². The quantitative estimate of drug-likeness (QED) is 0.759. The summed E-state index contributed by atoms with van der Waals surface area (Å²) in [6, 6.07) is 0.271. The van der Waals surface area contributed by atoms with E-state index >= 15 is 0 Å². The zero-order chi connectivity index (χ0) is 13.2. The largest absolute Gasteiger partial charge is 0.320 e. The summed E-state index contributed by atoms with van der Waals surface area (Å²) in [5.41, 5.74) is 1.01. The average Bonchev–Trinajstić information content (AvgIpc) is 2.14. The van der Waals surface area contributed by atoms with Gasteiger partial charge in [-0.3, -0.25) is 9.79 Å². The standard InChI is InChI=1S/C11H22N4OSi/c1-8(2)15-7-12-11(17(4,5)6)14-10(15)13-9(3)16/h8H,7H2,1-6H3,(H,12,13,14,16). The summed E-state index contributed by atoms with van der Waals surface area (Å²) in [5.74, 6) is 0.454. The van der Waals surface area contributed by atoms with Gasteiger partial charge in [0, 0.05) is 13.0 Å². The molecule has 96 valence electrons. The van der Waals surface area contributed by atoms with Crippen LogP contribution in [0, 0.1) is 0 Å². The van der Waals surface area contributed by atoms with Crippen molar-refractivity contribution >= 4 is 25.4 Å². The Bertz CT molecular complexity index is 368. The number of carbonyl (C=O) groups is 1. The maximum Gasteiger partial charge on any atom is 0.245 e. The summed E-state index contributed by atoms with van der Waals surface area (Å²) in [5, 5.41) is 3.22. The van der Waals surface area contributed by atoms with E-state index < -0.39 is 8.07 Å². The van der Waals surface area contributed by atoms with Crippen LogP contribution in [0.25, 0.3) is 0 Å². The van der Waals surface area contributed by atoms with Crippen LogP contribution in [-0.2, 0) is 4.79 Å². The van der Waals surface area contributed by atoms with Gasteiger partial charge in [0.1, 0.15) is 14.7 Å². The smallest absolute Gasteiger partial charge is 0.245 e. The van der Waals surface area contributed by atoms with Crippen LogP contribution < -0.4 is 5.32 Å². The van der Waals surface area contributed by atoms with E-state index in [4.69, 9.17) is 0 Å². The van der Waals surface area contributed by atoms with E-state index in [1.54, 1.807) is 0 Å². The first-order valence-electron chi connectivity index (χ1n) is 5.89. The molecule has 0 spiro atoms. The molecule has 0 unspecified atom stereocenters. The monoisotopic (exact) mass is 254 g/mol. The van der Waals surface area contributed by atoms with Crippen LogP contribution in [0.15, 0.2) is 9.98 Å². The van der Waals surface area contributed by atoms with Gasteiger partial charge in [-0.1, -0.05) is 19.6 Å². The van der Waals surface area contributed by atoms with Crippen molar-refractivity contribution in [1.82, 2.24) is 10.2 Å². The lowest BCUT2D eigenvalue weighted by Gasteiger charge is -2.35. The number of amidine groups is 1. The second-order valence-corrected chi connectivity index (χ2v) is 10.5. The van der Waals surface area contributed by atoms with Crippen LogP contribution in [0.1, 0.15) is 20.8 Å². The number of rotatable bonds is 2. The van der Waals surface area contributed by atoms with Crippen molar-refractivity contribution in [3.8, 4) is 0 Å². The van der Waals surface area contributed by atoms with Crippen molar-refractivity contribution in [3.05, 3.63) is 0 Å². The fraction of sp³-hybridized carbons (Fsp3) is 0.727. The van der Waals surface area contributed by atoms with E-state index in [-0.39, 0.29) is 11.9 Å². The lowest BCUT2D eigenvalue weighted by Crippen LogP contribution is -2.57. The van der Waals surface area contributed by atoms with Crippen molar-refractivity contribution in [2.75, 3.05) is 6.67 Å². The molecule has 0 bridgehead atoms. The van der Waals surface area contributed by atoms with Crippen LogP contribution in [0.2, 0.25) is 19.6 Å². The van der Waals surface area contributed by atoms with Gasteiger partial charge in [0.2, 0.25) is 11.9 Å². The Hall–Kier alpha value is -1.17. The van der Waals surface area contributed by atoms with Gasteiger partial charge in [-0.15, -0.1) is 0 Å². The van der Waals surface area contributed by atoms with Crippen molar-refractivity contribution in [1.29, 1.82) is 0 Å². The third-order valence-corrected chi connectivity index (χ3v) is 4.18. The molecule has 5 nitrogen and oxygen atoms in total. The first-order valence-corrected chi connectivity index (χ1v) is 9.39. The summed E-state index contributed by atoms with van der Waals surface area (Å²) in [6.45, 7) is 12.8. The van der Waals surface area contributed by atoms with E-state index in [1.807, 2.05) is 4.90 Å². The van der Waals surface area contributed by atoms with Gasteiger partial charge in [-0.25, -0.2) is 0 Å². The fourth-order valence-electron chi connectivity index (χ4n) is 1.50. The van der Waals surface area contributed by atoms with Crippen LogP contribution in [0.3, 0.4) is 0 Å². The molecule has 17 heavy (non-hydrogen) atoms. The summed E-state index contributed by atoms with van der Waals surface area (Å²) in [7, 11) is -1.49. The molecule has 1 heterocycles. The van der Waals surface area contributed by atoms with Gasteiger partial charge in [-0.05, 0) is 13.8 Å². The molecule has 6 heteroatoms. The highest BCUT2D eigenvalue weighted by molar-refractivity contribution is 7.04. The highest BCUT2D eigenvalue weighted by Gasteiger charge is 2.29. The van der Waals surface area contributed by atoms with Crippen LogP contribution in [0.4, 0.5) is 0 Å². The van der Waals surface area contributed by atoms with E-state index in [2.05, 4.69) is 48.8 Å². The zero-order valence-corrected chi connectivity index (χ0v) is 12.5. The molecule has 1 aliphatic heterocycles. The highest BCUT2D eigenvalue weighted by atomic mass is 28.3. The molecule has 0 aromatic heterocycles. The van der Waals surface area contributed by atoms with E-state index in [0.29, 0.717) is 12.6 Å². The fourth-order valence-corrected chi connectivity index (χ4v) is 2.54. The van der Waals surface area contributed by atoms with Crippen molar-refractivity contribution < 1.29 is 4.79 Å². The molecule has 0 aromatic rings. The van der Waals surface area contributed by atoms with E-state index in [0.717, 1.165) is 5.46 Å². The minimum atomic E-state index is -1.49. The van der Waals surface area contributed by atoms with Gasteiger partial charge in [0.25, 0.3) is 0 Å². The summed E-state index contributed by atoms with van der Waals surface area (Å²) < 4.78 is 0. The van der Waals surface area contributed by atoms with Gasteiger partial charge in [0.15, 0.2) is 0 Å². The SMILES string of the molecule is CC(=O)N=C1NC([Si](C)(C)C)=NCN1C(C)C. The minimum Gasteiger partial charge on any atom is -0.320 e. The molecule has 1 aliphatic rings. The normalized spacial score (nSPS) is 19.4. The second-order valence-electron chi connectivity index (χ2n) is 5.54. The number of hydrogen-bond donors (Lipinski definition) is 1. The third kappa shape index (κ3) is 3.66. The number of amides is 1. The van der Waals surface area contributed by atoms with Crippen molar-refractivity contribution in [2.45, 2.75) is 46.5 Å². The molecule has 1 rings (SSSR count). The predicted octanol–water partition coefficient (Wildman–Crippen LogP) is 1.44. The number of hydrogen-bond acceptors (Lipinski definition) is 2. The number of nitrogens with one attached hydrogen (secondary N) is 1. The molecule has 0 fully saturated rings. The Balaban J connectivity index is 3.01. The first kappa shape index (κ1) is 13.9. The van der Waals surface area contributed by atoms with Gasteiger partial charge in [-0.2, -0.15) is 4.99 Å². The Morgan fingerprint density at radius 3 is 2.47 bits per heavy atom. The Labute approximate surface area is 104 Å². The molecule has 0 atom stereocenters. The number of guanidine groups is 1. The Morgan fingerprint density at radius 1 is 1.47 bits per heavy atom. The molecule has 1 amide bonds. The first-order chi connectivity index (χ1) is 7.71. The number of nitrogens with zero attached hydrogens (tertiary/aromatic N) is 3. The van der Waals surface area contributed by atoms with E-state index in [9.17, 15) is 4.79 Å². The number of carbonyl (C=O) groups excluding carboxylic acids is 1. The Morgan fingerprint density at radius 2 is 2.06 bits per heavy atom. The third-order valence-electron chi connectivity index (χ3n) is 2.48. The maximum atomic E-state index is 11.2. The average molecular weight is 254 g/mol. The number of aliphatic imine (C=N–C) groups is 2. The van der Waals surface area contributed by atoms with E-state index in [1.165, 1.54) is 6.92 Å². The second kappa shape index (κ2) is 4.99. The van der Waals surface area contributed by atoms with Gasteiger partial charge >= 0.3 is 0 Å². The van der Waals surface area contributed by atoms with Crippen molar-refractivity contribution in [2.24, 2.45) is 9.98 Å². The molecular weight excluding hydrogens is 232 g/mol. The summed E-state index contributed by atoms with van der Waals surface area (Å²) in [6.07, 6.45) is 0. The summed E-state index contributed by atoms with van der Waals surface area (Å²) >= 11 is 0. The van der Waals surface area contributed by atoms with Crippen molar-refractivity contribution in [3.63, 3.8) is 0 Å². The maximum absolute atomic E-state index is 11.2. The molecule has 0 saturated carbocycles. The predicted molar refractivity (Wildman–Crippen MR) is 73.9 cm³/mol. The lowest BCUT2D eigenvalue weighted by molar-refractivity contribution is -0.115. The van der Waals surface area contributed by atoms with Crippen LogP contribution in [0.5, 0.6) is 0 Å². The molecular formula is C11H22N4OSi. The topological polar surface area (TPSA) is 57.1 Å². The molecule has 0 saturated heterocycles. The van der Waals surface area contributed by atoms with Gasteiger partial charge < -0.3 is 10.2 Å². The molecule has 1 N–H and O–H groups in total. The van der Waals surface area contributed by atoms with Crippen LogP contribution in [-0.4, -0.2) is 43.0 Å². The lowest BCUT2D eigenvalue weighted by atomic mass is 10.3. The zero-order valence-electron chi connectivity index (χ0n) is 11.5. The van der Waals surface area contributed by atoms with Gasteiger partial charge in [0.05, 0.1) is 5.46 Å². The Kier molecular flexibility index (Phi) is 4.08. The summed E-state index contributed by atoms with van der Waals surface area (Å²) in [4.78, 5) is 21.7. The molecule has 0 radical (unpaired) electrons.